The molecule has 3 aromatic carbocycles. The molecule has 0 radical (unpaired) electrons. The molecule has 0 aliphatic carbocycles. The molecule has 1 amide bonds. The number of hydrogen-bond donors (Lipinski definition) is 3. The zero-order chi connectivity index (χ0) is 31.6. The number of rotatable bonds is 12. The second-order valence-corrected chi connectivity index (χ2v) is 10.2. The first-order valence-electron chi connectivity index (χ1n) is 13.4. The largest absolute Gasteiger partial charge is 0.493 e. The van der Waals surface area contributed by atoms with Gasteiger partial charge in [0, 0.05) is 11.3 Å². The molecule has 1 atom stereocenters. The molecular formula is C31H30ClFN4O6S. The van der Waals surface area contributed by atoms with Crippen molar-refractivity contribution in [2.45, 2.75) is 26.5 Å². The van der Waals surface area contributed by atoms with Gasteiger partial charge in [-0.3, -0.25) is 4.79 Å². The maximum atomic E-state index is 13.2. The van der Waals surface area contributed by atoms with E-state index in [9.17, 15) is 14.0 Å². The molecule has 4 rings (SSSR count). The van der Waals surface area contributed by atoms with E-state index >= 15 is 0 Å². The lowest BCUT2D eigenvalue weighted by atomic mass is 9.95. The minimum absolute atomic E-state index is 0.156. The molecular weight excluding hydrogens is 611 g/mol. The Hall–Kier alpha value is -4.68. The first kappa shape index (κ1) is 32.2. The van der Waals surface area contributed by atoms with Crippen LogP contribution in [-0.2, 0) is 20.9 Å². The Morgan fingerprint density at radius 3 is 2.59 bits per heavy atom. The van der Waals surface area contributed by atoms with E-state index in [-0.39, 0.29) is 30.7 Å². The maximum Gasteiger partial charge on any atom is 0.338 e. The molecule has 0 unspecified atom stereocenters. The topological polar surface area (TPSA) is 120 Å². The molecule has 230 valence electrons. The summed E-state index contributed by atoms with van der Waals surface area (Å²) in [6, 6.07) is 15.5. The number of carbonyl (C=O) groups excluding carboxylic acids is 2. The van der Waals surface area contributed by atoms with Crippen LogP contribution in [-0.4, -0.2) is 43.5 Å². The SMILES string of the molecule is CCOC(=O)C1=C(C)NC(=S)N[C@@H]1c1ccccc1OCC(=O)NN=Cc1cc(Cl)c(OCc2ccc(F)cc2)c(OC)c1. The average Bonchev–Trinajstić information content (AvgIpc) is 3.00. The lowest BCUT2D eigenvalue weighted by Crippen LogP contribution is -2.45. The molecule has 3 N–H and O–H groups in total. The number of hydrogen-bond acceptors (Lipinski definition) is 8. The highest BCUT2D eigenvalue weighted by Gasteiger charge is 2.32. The normalized spacial score (nSPS) is 14.5. The Labute approximate surface area is 264 Å². The summed E-state index contributed by atoms with van der Waals surface area (Å²) in [4.78, 5) is 25.3. The molecule has 0 spiro atoms. The summed E-state index contributed by atoms with van der Waals surface area (Å²) >= 11 is 11.7. The molecule has 3 aromatic rings. The second-order valence-electron chi connectivity index (χ2n) is 9.36. The van der Waals surface area contributed by atoms with Crippen molar-refractivity contribution < 1.29 is 32.9 Å². The highest BCUT2D eigenvalue weighted by molar-refractivity contribution is 7.80. The molecule has 44 heavy (non-hydrogen) atoms. The fourth-order valence-corrected chi connectivity index (χ4v) is 4.85. The number of thiocarbonyl (C=S) groups is 1. The first-order chi connectivity index (χ1) is 21.2. The van der Waals surface area contributed by atoms with Gasteiger partial charge in [-0.15, -0.1) is 0 Å². The van der Waals surface area contributed by atoms with Crippen molar-refractivity contribution in [3.63, 3.8) is 0 Å². The van der Waals surface area contributed by atoms with Crippen LogP contribution in [0.1, 0.15) is 36.6 Å². The number of halogens is 2. The summed E-state index contributed by atoms with van der Waals surface area (Å²) in [7, 11) is 1.47. The van der Waals surface area contributed by atoms with E-state index < -0.39 is 17.9 Å². The molecule has 1 aliphatic heterocycles. The quantitative estimate of drug-likeness (QED) is 0.109. The number of hydrazone groups is 1. The monoisotopic (exact) mass is 640 g/mol. The van der Waals surface area contributed by atoms with Gasteiger partial charge in [0.1, 0.15) is 18.2 Å². The molecule has 0 fully saturated rings. The third kappa shape index (κ3) is 8.23. The van der Waals surface area contributed by atoms with Crippen LogP contribution in [0.25, 0.3) is 0 Å². The molecule has 1 heterocycles. The lowest BCUT2D eigenvalue weighted by Gasteiger charge is -2.30. The van der Waals surface area contributed by atoms with Gasteiger partial charge in [-0.25, -0.2) is 14.6 Å². The van der Waals surface area contributed by atoms with Crippen LogP contribution in [0.5, 0.6) is 17.2 Å². The van der Waals surface area contributed by atoms with E-state index in [4.69, 9.17) is 42.8 Å². The van der Waals surface area contributed by atoms with Crippen molar-refractivity contribution in [1.29, 1.82) is 0 Å². The first-order valence-corrected chi connectivity index (χ1v) is 14.2. The number of methoxy groups -OCH3 is 1. The Morgan fingerprint density at radius 2 is 1.86 bits per heavy atom. The molecule has 1 aliphatic rings. The van der Waals surface area contributed by atoms with E-state index in [1.54, 1.807) is 62.4 Å². The fraction of sp³-hybridized carbons (Fsp3) is 0.226. The van der Waals surface area contributed by atoms with Crippen LogP contribution in [0, 0.1) is 5.82 Å². The van der Waals surface area contributed by atoms with E-state index in [1.807, 2.05) is 0 Å². The number of para-hydroxylation sites is 1. The maximum absolute atomic E-state index is 13.2. The lowest BCUT2D eigenvalue weighted by molar-refractivity contribution is -0.139. The molecule has 0 bridgehead atoms. The number of carbonyl (C=O) groups is 2. The predicted molar refractivity (Wildman–Crippen MR) is 167 cm³/mol. The van der Waals surface area contributed by atoms with Gasteiger partial charge in [-0.05, 0) is 67.5 Å². The van der Waals surface area contributed by atoms with Crippen molar-refractivity contribution in [3.8, 4) is 17.2 Å². The van der Waals surface area contributed by atoms with Crippen molar-refractivity contribution in [1.82, 2.24) is 16.1 Å². The summed E-state index contributed by atoms with van der Waals surface area (Å²) in [5.41, 5.74) is 5.21. The summed E-state index contributed by atoms with van der Waals surface area (Å²) in [6.45, 7) is 3.46. The van der Waals surface area contributed by atoms with Crippen LogP contribution < -0.4 is 30.3 Å². The Kier molecular flexibility index (Phi) is 11.1. The minimum Gasteiger partial charge on any atom is -0.493 e. The third-order valence-corrected chi connectivity index (χ3v) is 6.81. The standard InChI is InChI=1S/C31H30ClFN4O6S/c1-4-41-30(39)27-18(2)35-31(44)36-28(27)22-7-5-6-8-24(22)42-17-26(38)37-34-15-20-13-23(32)29(25(14-20)40-3)43-16-19-9-11-21(33)12-10-19/h5-15,28H,4,16-17H2,1-3H3,(H,37,38)(H2,35,36,44)/t28-/m1/s1. The molecule has 0 saturated carbocycles. The molecule has 0 saturated heterocycles. The van der Waals surface area contributed by atoms with Crippen molar-refractivity contribution in [2.75, 3.05) is 20.3 Å². The number of nitrogens with one attached hydrogen (secondary N) is 3. The smallest absolute Gasteiger partial charge is 0.338 e. The summed E-state index contributed by atoms with van der Waals surface area (Å²) < 4.78 is 35.4. The highest BCUT2D eigenvalue weighted by atomic mass is 35.5. The number of amides is 1. The van der Waals surface area contributed by atoms with Gasteiger partial charge in [0.15, 0.2) is 23.2 Å². The van der Waals surface area contributed by atoms with E-state index in [2.05, 4.69) is 21.2 Å². The second kappa shape index (κ2) is 15.2. The number of ether oxygens (including phenoxy) is 4. The van der Waals surface area contributed by atoms with Crippen LogP contribution in [0.4, 0.5) is 4.39 Å². The predicted octanol–water partition coefficient (Wildman–Crippen LogP) is 4.95. The molecule has 13 heteroatoms. The zero-order valence-corrected chi connectivity index (χ0v) is 25.7. The summed E-state index contributed by atoms with van der Waals surface area (Å²) in [6.07, 6.45) is 1.39. The summed E-state index contributed by atoms with van der Waals surface area (Å²) in [5.74, 6) is -0.329. The summed E-state index contributed by atoms with van der Waals surface area (Å²) in [5, 5.41) is 10.6. The number of esters is 1. The Morgan fingerprint density at radius 1 is 1.11 bits per heavy atom. The van der Waals surface area contributed by atoms with Gasteiger partial charge in [-0.2, -0.15) is 5.10 Å². The fourth-order valence-electron chi connectivity index (χ4n) is 4.30. The van der Waals surface area contributed by atoms with Gasteiger partial charge < -0.3 is 29.6 Å². The Bertz CT molecular complexity index is 1600. The van der Waals surface area contributed by atoms with Gasteiger partial charge in [0.2, 0.25) is 0 Å². The Balaban J connectivity index is 1.39. The minimum atomic E-state index is -0.651. The van der Waals surface area contributed by atoms with Crippen molar-refractivity contribution >= 4 is 47.0 Å². The zero-order valence-electron chi connectivity index (χ0n) is 24.1. The van der Waals surface area contributed by atoms with Crippen molar-refractivity contribution in [3.05, 3.63) is 99.5 Å². The van der Waals surface area contributed by atoms with Gasteiger partial charge in [0.25, 0.3) is 5.91 Å². The number of nitrogens with zero attached hydrogens (tertiary/aromatic N) is 1. The van der Waals surface area contributed by atoms with E-state index in [0.29, 0.717) is 44.8 Å². The van der Waals surface area contributed by atoms with Gasteiger partial charge in [0.05, 0.1) is 36.6 Å². The number of allylic oxidation sites excluding steroid dienone is 1. The van der Waals surface area contributed by atoms with Crippen molar-refractivity contribution in [2.24, 2.45) is 5.10 Å². The molecule has 10 nitrogen and oxygen atoms in total. The average molecular weight is 641 g/mol. The molecule has 0 aromatic heterocycles. The van der Waals surface area contributed by atoms with Crippen LogP contribution in [0.15, 0.2) is 77.0 Å². The van der Waals surface area contributed by atoms with Gasteiger partial charge in [-0.1, -0.05) is 41.9 Å². The highest BCUT2D eigenvalue weighted by Crippen LogP contribution is 2.37. The van der Waals surface area contributed by atoms with Crippen LogP contribution in [0.3, 0.4) is 0 Å². The van der Waals surface area contributed by atoms with Gasteiger partial charge >= 0.3 is 5.97 Å². The number of benzene rings is 3. The van der Waals surface area contributed by atoms with Crippen LogP contribution in [0.2, 0.25) is 5.02 Å². The van der Waals surface area contributed by atoms with Crippen LogP contribution >= 0.6 is 23.8 Å². The van der Waals surface area contributed by atoms with E-state index in [0.717, 1.165) is 5.56 Å². The third-order valence-electron chi connectivity index (χ3n) is 6.30. The van der Waals surface area contributed by atoms with E-state index in [1.165, 1.54) is 25.5 Å².